The number of nitrogens with one attached hydrogen (secondary N) is 2. The van der Waals surface area contributed by atoms with Gasteiger partial charge in [0, 0.05) is 32.7 Å². The van der Waals surface area contributed by atoms with Crippen LogP contribution in [0.3, 0.4) is 0 Å². The second kappa shape index (κ2) is 10.5. The van der Waals surface area contributed by atoms with Crippen molar-refractivity contribution in [3.63, 3.8) is 0 Å². The highest BCUT2D eigenvalue weighted by Crippen LogP contribution is 2.46. The quantitative estimate of drug-likeness (QED) is 0.332. The molecule has 1 atom stereocenters. The zero-order valence-electron chi connectivity index (χ0n) is 17.8. The van der Waals surface area contributed by atoms with E-state index in [9.17, 15) is 0 Å². The highest BCUT2D eigenvalue weighted by Gasteiger charge is 2.43. The van der Waals surface area contributed by atoms with Crippen LogP contribution in [0.4, 0.5) is 0 Å². The number of aliphatic imine (C=N–C) groups is 1. The third-order valence-electron chi connectivity index (χ3n) is 6.04. The molecule has 30 heavy (non-hydrogen) atoms. The second-order valence-corrected chi connectivity index (χ2v) is 8.11. The summed E-state index contributed by atoms with van der Waals surface area (Å²) >= 11 is 0. The first-order valence-electron chi connectivity index (χ1n) is 10.5. The molecule has 1 saturated carbocycles. The van der Waals surface area contributed by atoms with Crippen LogP contribution in [-0.4, -0.2) is 25.7 Å². The molecule has 0 radical (unpaired) electrons. The molecule has 1 unspecified atom stereocenters. The van der Waals surface area contributed by atoms with E-state index in [0.717, 1.165) is 37.5 Å². The lowest BCUT2D eigenvalue weighted by Crippen LogP contribution is -2.46. The number of rotatable bonds is 5. The Bertz CT molecular complexity index is 848. The molecule has 4 rings (SSSR count). The highest BCUT2D eigenvalue weighted by molar-refractivity contribution is 14.0. The number of nitrogens with zero attached hydrogens (tertiary/aromatic N) is 1. The molecule has 0 bridgehead atoms. The average molecular weight is 521 g/mol. The molecule has 2 aromatic carbocycles. The van der Waals surface area contributed by atoms with Gasteiger partial charge in [0.2, 0.25) is 0 Å². The number of guanidine groups is 1. The number of methoxy groups -OCH3 is 1. The Kier molecular flexibility index (Phi) is 7.99. The molecule has 1 aliphatic heterocycles. The van der Waals surface area contributed by atoms with E-state index in [2.05, 4.69) is 64.2 Å². The predicted molar refractivity (Wildman–Crippen MR) is 132 cm³/mol. The average Bonchev–Trinajstić information content (AvgIpc) is 3.19. The van der Waals surface area contributed by atoms with Gasteiger partial charge in [0.15, 0.2) is 5.96 Å². The van der Waals surface area contributed by atoms with Crippen LogP contribution in [-0.2, 0) is 17.9 Å². The molecule has 2 N–H and O–H groups in total. The topological polar surface area (TPSA) is 54.9 Å². The van der Waals surface area contributed by atoms with E-state index >= 15 is 0 Å². The maximum Gasteiger partial charge on any atom is 0.191 e. The number of ether oxygens (including phenoxy) is 2. The monoisotopic (exact) mass is 521 g/mol. The van der Waals surface area contributed by atoms with E-state index < -0.39 is 0 Å². The number of halogens is 1. The SMILES string of the molecule is CN=C(NCc1ccc(COC)cc1)NC1CC2(CCCC2)Oc2ccccc21.I. The molecule has 0 amide bonds. The lowest BCUT2D eigenvalue weighted by molar-refractivity contribution is 0.0396. The Morgan fingerprint density at radius 1 is 1.10 bits per heavy atom. The van der Waals surface area contributed by atoms with E-state index in [-0.39, 0.29) is 35.6 Å². The van der Waals surface area contributed by atoms with Gasteiger partial charge >= 0.3 is 0 Å². The van der Waals surface area contributed by atoms with E-state index in [0.29, 0.717) is 6.61 Å². The first kappa shape index (κ1) is 22.9. The molecule has 1 fully saturated rings. The van der Waals surface area contributed by atoms with Crippen molar-refractivity contribution in [1.82, 2.24) is 10.6 Å². The van der Waals surface area contributed by atoms with E-state index in [4.69, 9.17) is 9.47 Å². The van der Waals surface area contributed by atoms with Crippen molar-refractivity contribution in [3.05, 3.63) is 65.2 Å². The van der Waals surface area contributed by atoms with Crippen LogP contribution in [0.2, 0.25) is 0 Å². The smallest absolute Gasteiger partial charge is 0.191 e. The Balaban J connectivity index is 0.00000256. The molecular formula is C24H32IN3O2. The van der Waals surface area contributed by atoms with Crippen molar-refractivity contribution in [2.24, 2.45) is 4.99 Å². The van der Waals surface area contributed by atoms with Crippen molar-refractivity contribution in [1.29, 1.82) is 0 Å². The summed E-state index contributed by atoms with van der Waals surface area (Å²) in [6.45, 7) is 1.37. The maximum absolute atomic E-state index is 6.48. The number of para-hydroxylation sites is 1. The predicted octanol–water partition coefficient (Wildman–Crippen LogP) is 4.95. The third-order valence-corrected chi connectivity index (χ3v) is 6.04. The van der Waals surface area contributed by atoms with Gasteiger partial charge in [-0.15, -0.1) is 24.0 Å². The fourth-order valence-electron chi connectivity index (χ4n) is 4.54. The molecule has 1 aliphatic carbocycles. The molecule has 1 spiro atoms. The summed E-state index contributed by atoms with van der Waals surface area (Å²) in [5.41, 5.74) is 3.59. The summed E-state index contributed by atoms with van der Waals surface area (Å²) in [5.74, 6) is 1.84. The van der Waals surface area contributed by atoms with Crippen LogP contribution in [0.1, 0.15) is 54.8 Å². The molecule has 5 nitrogen and oxygen atoms in total. The minimum Gasteiger partial charge on any atom is -0.487 e. The van der Waals surface area contributed by atoms with Gasteiger partial charge in [0.1, 0.15) is 11.4 Å². The van der Waals surface area contributed by atoms with Crippen molar-refractivity contribution in [3.8, 4) is 5.75 Å². The van der Waals surface area contributed by atoms with E-state index in [1.54, 1.807) is 7.11 Å². The first-order valence-corrected chi connectivity index (χ1v) is 10.5. The van der Waals surface area contributed by atoms with Crippen molar-refractivity contribution >= 4 is 29.9 Å². The molecule has 0 saturated heterocycles. The van der Waals surface area contributed by atoms with E-state index in [1.807, 2.05) is 7.05 Å². The highest BCUT2D eigenvalue weighted by atomic mass is 127. The summed E-state index contributed by atoms with van der Waals surface area (Å²) in [4.78, 5) is 4.47. The lowest BCUT2D eigenvalue weighted by Gasteiger charge is -2.40. The zero-order valence-corrected chi connectivity index (χ0v) is 20.1. The van der Waals surface area contributed by atoms with Gasteiger partial charge in [-0.05, 0) is 42.9 Å². The van der Waals surface area contributed by atoms with Gasteiger partial charge < -0.3 is 20.1 Å². The second-order valence-electron chi connectivity index (χ2n) is 8.11. The van der Waals surface area contributed by atoms with Crippen molar-refractivity contribution in [2.45, 2.75) is 56.9 Å². The Labute approximate surface area is 196 Å². The van der Waals surface area contributed by atoms with Crippen LogP contribution in [0.5, 0.6) is 5.75 Å². The fraction of sp³-hybridized carbons (Fsp3) is 0.458. The molecule has 1 heterocycles. The summed E-state index contributed by atoms with van der Waals surface area (Å²) in [5, 5.41) is 7.11. The van der Waals surface area contributed by atoms with Gasteiger partial charge in [-0.3, -0.25) is 4.99 Å². The molecule has 2 aromatic rings. The Hall–Kier alpha value is -1.80. The molecule has 162 valence electrons. The van der Waals surface area contributed by atoms with Gasteiger partial charge in [-0.25, -0.2) is 0 Å². The number of hydrogen-bond donors (Lipinski definition) is 2. The van der Waals surface area contributed by atoms with Crippen LogP contribution in [0.15, 0.2) is 53.5 Å². The summed E-state index contributed by atoms with van der Waals surface area (Å²) in [6, 6.07) is 17.1. The molecule has 0 aromatic heterocycles. The van der Waals surface area contributed by atoms with Gasteiger partial charge in [-0.2, -0.15) is 0 Å². The molecule has 6 heteroatoms. The van der Waals surface area contributed by atoms with Gasteiger partial charge in [0.25, 0.3) is 0 Å². The van der Waals surface area contributed by atoms with Crippen LogP contribution in [0, 0.1) is 0 Å². The van der Waals surface area contributed by atoms with Gasteiger partial charge in [0.05, 0.1) is 12.6 Å². The maximum atomic E-state index is 6.48. The van der Waals surface area contributed by atoms with Crippen molar-refractivity contribution < 1.29 is 9.47 Å². The van der Waals surface area contributed by atoms with Gasteiger partial charge in [-0.1, -0.05) is 42.5 Å². The zero-order chi connectivity index (χ0) is 20.1. The Morgan fingerprint density at radius 2 is 1.80 bits per heavy atom. The minimum atomic E-state index is -0.0257. The van der Waals surface area contributed by atoms with Crippen molar-refractivity contribution in [2.75, 3.05) is 14.2 Å². The number of hydrogen-bond acceptors (Lipinski definition) is 3. The minimum absolute atomic E-state index is 0. The normalized spacial score (nSPS) is 19.5. The first-order chi connectivity index (χ1) is 14.2. The third kappa shape index (κ3) is 5.27. The summed E-state index contributed by atoms with van der Waals surface area (Å²) in [6.07, 6.45) is 5.76. The molecule has 2 aliphatic rings. The summed E-state index contributed by atoms with van der Waals surface area (Å²) < 4.78 is 11.7. The van der Waals surface area contributed by atoms with E-state index in [1.165, 1.54) is 29.5 Å². The number of fused-ring (bicyclic) bond motifs is 1. The summed E-state index contributed by atoms with van der Waals surface area (Å²) in [7, 11) is 3.54. The Morgan fingerprint density at radius 3 is 2.50 bits per heavy atom. The largest absolute Gasteiger partial charge is 0.487 e. The van der Waals surface area contributed by atoms with Crippen LogP contribution >= 0.6 is 24.0 Å². The van der Waals surface area contributed by atoms with Crippen LogP contribution < -0.4 is 15.4 Å². The lowest BCUT2D eigenvalue weighted by atomic mass is 9.86. The van der Waals surface area contributed by atoms with Crippen LogP contribution in [0.25, 0.3) is 0 Å². The molecular weight excluding hydrogens is 489 g/mol. The number of benzene rings is 2. The standard InChI is InChI=1S/C24H31N3O2.HI/c1-25-23(26-16-18-9-11-19(12-10-18)17-28-2)27-21-15-24(13-5-6-14-24)29-22-8-4-3-7-20(21)22;/h3-4,7-12,21H,5-6,13-17H2,1-2H3,(H2,25,26,27);1H. The fourth-order valence-corrected chi connectivity index (χ4v) is 4.54.